The Labute approximate surface area is 153 Å². The molecular weight excluding hydrogens is 357 g/mol. The fraction of sp³-hybridized carbons (Fsp3) is 0.105. The molecule has 0 unspecified atom stereocenters. The van der Waals surface area contributed by atoms with Crippen LogP contribution in [-0.2, 0) is 16.1 Å². The first-order valence-corrected chi connectivity index (χ1v) is 8.48. The van der Waals surface area contributed by atoms with Crippen LogP contribution in [0.5, 0.6) is 0 Å². The van der Waals surface area contributed by atoms with E-state index in [1.165, 1.54) is 19.2 Å². The largest absolute Gasteiger partial charge is 0.465 e. The number of hydrogen-bond donors (Lipinski definition) is 0. The SMILES string of the molecule is COC(=O)c1ccc(C=C2SC(=O)N(Cc3ccccc3F)C2=O)cc1. The van der Waals surface area contributed by atoms with E-state index in [1.54, 1.807) is 42.5 Å². The molecule has 0 spiro atoms. The third-order valence-corrected chi connectivity index (χ3v) is 4.70. The molecule has 3 rings (SSSR count). The summed E-state index contributed by atoms with van der Waals surface area (Å²) >= 11 is 0.801. The summed E-state index contributed by atoms with van der Waals surface area (Å²) in [7, 11) is 1.29. The van der Waals surface area contributed by atoms with Crippen molar-refractivity contribution in [3.05, 3.63) is 75.9 Å². The lowest BCUT2D eigenvalue weighted by molar-refractivity contribution is -0.123. The molecule has 132 valence electrons. The summed E-state index contributed by atoms with van der Waals surface area (Å²) in [4.78, 5) is 37.3. The van der Waals surface area contributed by atoms with E-state index in [0.717, 1.165) is 16.7 Å². The van der Waals surface area contributed by atoms with Gasteiger partial charge in [-0.15, -0.1) is 0 Å². The smallest absolute Gasteiger partial charge is 0.337 e. The first kappa shape index (κ1) is 17.9. The number of thioether (sulfide) groups is 1. The van der Waals surface area contributed by atoms with Gasteiger partial charge in [0.2, 0.25) is 0 Å². The van der Waals surface area contributed by atoms with Gasteiger partial charge in [-0.3, -0.25) is 14.5 Å². The molecule has 7 heteroatoms. The number of methoxy groups -OCH3 is 1. The van der Waals surface area contributed by atoms with Crippen molar-refractivity contribution in [1.29, 1.82) is 0 Å². The Kier molecular flexibility index (Phi) is 5.18. The Morgan fingerprint density at radius 1 is 1.15 bits per heavy atom. The number of benzene rings is 2. The Morgan fingerprint density at radius 3 is 2.50 bits per heavy atom. The van der Waals surface area contributed by atoms with Gasteiger partial charge in [-0.2, -0.15) is 0 Å². The van der Waals surface area contributed by atoms with E-state index >= 15 is 0 Å². The summed E-state index contributed by atoms with van der Waals surface area (Å²) in [6, 6.07) is 12.5. The maximum atomic E-state index is 13.8. The summed E-state index contributed by atoms with van der Waals surface area (Å²) in [5.41, 5.74) is 1.32. The first-order chi connectivity index (χ1) is 12.5. The van der Waals surface area contributed by atoms with Gasteiger partial charge in [-0.1, -0.05) is 30.3 Å². The summed E-state index contributed by atoms with van der Waals surface area (Å²) in [6.07, 6.45) is 1.56. The lowest BCUT2D eigenvalue weighted by Crippen LogP contribution is -2.27. The minimum absolute atomic E-state index is 0.115. The molecule has 26 heavy (non-hydrogen) atoms. The van der Waals surface area contributed by atoms with Crippen LogP contribution in [0, 0.1) is 5.82 Å². The van der Waals surface area contributed by atoms with Gasteiger partial charge in [-0.25, -0.2) is 9.18 Å². The number of carbonyl (C=O) groups is 3. The monoisotopic (exact) mass is 371 g/mol. The van der Waals surface area contributed by atoms with E-state index in [2.05, 4.69) is 4.74 Å². The average molecular weight is 371 g/mol. The van der Waals surface area contributed by atoms with Crippen LogP contribution in [0.4, 0.5) is 9.18 Å². The molecule has 0 saturated carbocycles. The molecule has 1 fully saturated rings. The topological polar surface area (TPSA) is 63.7 Å². The highest BCUT2D eigenvalue weighted by Crippen LogP contribution is 2.33. The van der Waals surface area contributed by atoms with E-state index in [0.29, 0.717) is 11.1 Å². The summed E-state index contributed by atoms with van der Waals surface area (Å²) in [5.74, 6) is -1.39. The number of hydrogen-bond acceptors (Lipinski definition) is 5. The van der Waals surface area contributed by atoms with Crippen molar-refractivity contribution in [3.63, 3.8) is 0 Å². The lowest BCUT2D eigenvalue weighted by Gasteiger charge is -2.12. The Balaban J connectivity index is 1.79. The van der Waals surface area contributed by atoms with Gasteiger partial charge in [0.15, 0.2) is 0 Å². The molecule has 0 aliphatic carbocycles. The standard InChI is InChI=1S/C19H14FNO4S/c1-25-18(23)13-8-6-12(7-9-13)10-16-17(22)21(19(24)26-16)11-14-4-2-3-5-15(14)20/h2-10H,11H2,1H3. The van der Waals surface area contributed by atoms with Crippen molar-refractivity contribution >= 4 is 35.0 Å². The Morgan fingerprint density at radius 2 is 1.85 bits per heavy atom. The molecule has 0 atom stereocenters. The van der Waals surface area contributed by atoms with Crippen LogP contribution in [0.2, 0.25) is 0 Å². The number of esters is 1. The minimum Gasteiger partial charge on any atom is -0.465 e. The molecule has 2 aromatic rings. The van der Waals surface area contributed by atoms with Gasteiger partial charge in [0.25, 0.3) is 11.1 Å². The normalized spacial score (nSPS) is 15.6. The highest BCUT2D eigenvalue weighted by atomic mass is 32.2. The van der Waals surface area contributed by atoms with Gasteiger partial charge in [-0.05, 0) is 41.6 Å². The summed E-state index contributed by atoms with van der Waals surface area (Å²) < 4.78 is 18.4. The third kappa shape index (κ3) is 3.67. The van der Waals surface area contributed by atoms with E-state index in [4.69, 9.17) is 0 Å². The second-order valence-electron chi connectivity index (χ2n) is 5.47. The van der Waals surface area contributed by atoms with Gasteiger partial charge >= 0.3 is 5.97 Å². The lowest BCUT2D eigenvalue weighted by atomic mass is 10.1. The van der Waals surface area contributed by atoms with Crippen molar-refractivity contribution in [2.45, 2.75) is 6.54 Å². The molecular formula is C19H14FNO4S. The molecule has 0 bridgehead atoms. The van der Waals surface area contributed by atoms with Crippen LogP contribution >= 0.6 is 11.8 Å². The zero-order valence-corrected chi connectivity index (χ0v) is 14.6. The van der Waals surface area contributed by atoms with E-state index in [1.807, 2.05) is 0 Å². The molecule has 1 aliphatic heterocycles. The number of imide groups is 1. The zero-order chi connectivity index (χ0) is 18.7. The van der Waals surface area contributed by atoms with E-state index in [9.17, 15) is 18.8 Å². The number of rotatable bonds is 4. The fourth-order valence-electron chi connectivity index (χ4n) is 2.42. The van der Waals surface area contributed by atoms with Gasteiger partial charge in [0.1, 0.15) is 5.82 Å². The number of carbonyl (C=O) groups excluding carboxylic acids is 3. The van der Waals surface area contributed by atoms with Crippen molar-refractivity contribution < 1.29 is 23.5 Å². The molecule has 2 aromatic carbocycles. The number of nitrogens with zero attached hydrogens (tertiary/aromatic N) is 1. The third-order valence-electron chi connectivity index (χ3n) is 3.79. The van der Waals surface area contributed by atoms with Crippen LogP contribution in [0.1, 0.15) is 21.5 Å². The quantitative estimate of drug-likeness (QED) is 0.603. The molecule has 0 radical (unpaired) electrons. The maximum absolute atomic E-state index is 13.8. The Bertz CT molecular complexity index is 908. The molecule has 0 aromatic heterocycles. The summed E-state index contributed by atoms with van der Waals surface area (Å²) in [5, 5.41) is -0.448. The predicted molar refractivity (Wildman–Crippen MR) is 95.7 cm³/mol. The van der Waals surface area contributed by atoms with Crippen molar-refractivity contribution in [2.75, 3.05) is 7.11 Å². The van der Waals surface area contributed by atoms with Crippen molar-refractivity contribution in [2.24, 2.45) is 0 Å². The van der Waals surface area contributed by atoms with Crippen LogP contribution < -0.4 is 0 Å². The van der Waals surface area contributed by atoms with Crippen LogP contribution in [0.25, 0.3) is 6.08 Å². The number of halogens is 1. The predicted octanol–water partition coefficient (Wildman–Crippen LogP) is 3.85. The second-order valence-corrected chi connectivity index (χ2v) is 6.47. The van der Waals surface area contributed by atoms with Crippen LogP contribution in [0.15, 0.2) is 53.4 Å². The molecule has 0 N–H and O–H groups in total. The molecule has 1 saturated heterocycles. The summed E-state index contributed by atoms with van der Waals surface area (Å²) in [6.45, 7) is -0.115. The first-order valence-electron chi connectivity index (χ1n) is 7.67. The minimum atomic E-state index is -0.472. The van der Waals surface area contributed by atoms with Crippen LogP contribution in [0.3, 0.4) is 0 Å². The average Bonchev–Trinajstić information content (AvgIpc) is 2.91. The molecule has 1 heterocycles. The Hall–Kier alpha value is -2.93. The second kappa shape index (κ2) is 7.53. The van der Waals surface area contributed by atoms with Crippen LogP contribution in [-0.4, -0.2) is 29.1 Å². The van der Waals surface area contributed by atoms with E-state index in [-0.39, 0.29) is 17.0 Å². The van der Waals surface area contributed by atoms with Gasteiger partial charge < -0.3 is 4.74 Å². The molecule has 1 aliphatic rings. The van der Waals surface area contributed by atoms with Gasteiger partial charge in [0.05, 0.1) is 24.1 Å². The van der Waals surface area contributed by atoms with Gasteiger partial charge in [0, 0.05) is 5.56 Å². The maximum Gasteiger partial charge on any atom is 0.337 e. The molecule has 5 nitrogen and oxygen atoms in total. The van der Waals surface area contributed by atoms with Crippen molar-refractivity contribution in [3.8, 4) is 0 Å². The highest BCUT2D eigenvalue weighted by molar-refractivity contribution is 8.18. The number of amides is 2. The van der Waals surface area contributed by atoms with Crippen molar-refractivity contribution in [1.82, 2.24) is 4.90 Å². The number of ether oxygens (including phenoxy) is 1. The fourth-order valence-corrected chi connectivity index (χ4v) is 3.26. The molecule has 2 amide bonds. The highest BCUT2D eigenvalue weighted by Gasteiger charge is 2.35. The zero-order valence-electron chi connectivity index (χ0n) is 13.8. The van der Waals surface area contributed by atoms with E-state index < -0.39 is 22.9 Å².